The molecule has 0 radical (unpaired) electrons. The number of carbonyl (C=O) groups excluding carboxylic acids is 1. The number of fused-ring (bicyclic) bond motifs is 1. The van der Waals surface area contributed by atoms with E-state index in [-0.39, 0.29) is 18.1 Å². The Labute approximate surface area is 202 Å². The topological polar surface area (TPSA) is 77.8 Å². The lowest BCUT2D eigenvalue weighted by molar-refractivity contribution is -0.115. The minimum absolute atomic E-state index is 0.171. The second-order valence-electron chi connectivity index (χ2n) is 7.35. The van der Waals surface area contributed by atoms with Crippen molar-refractivity contribution in [1.29, 1.82) is 0 Å². The van der Waals surface area contributed by atoms with Crippen molar-refractivity contribution in [2.75, 3.05) is 19.5 Å². The molecule has 34 heavy (non-hydrogen) atoms. The lowest BCUT2D eigenvalue weighted by Crippen LogP contribution is -2.15. The highest BCUT2D eigenvalue weighted by molar-refractivity contribution is 7.15. The summed E-state index contributed by atoms with van der Waals surface area (Å²) in [5.74, 6) is 0.781. The van der Waals surface area contributed by atoms with E-state index in [0.29, 0.717) is 16.6 Å². The van der Waals surface area contributed by atoms with Crippen molar-refractivity contribution in [3.05, 3.63) is 70.9 Å². The third-order valence-electron chi connectivity index (χ3n) is 5.19. The Morgan fingerprint density at radius 3 is 2.50 bits per heavy atom. The van der Waals surface area contributed by atoms with E-state index in [0.717, 1.165) is 33.2 Å². The number of nitrogens with zero attached hydrogens (tertiary/aromatic N) is 3. The average Bonchev–Trinajstić information content (AvgIpc) is 3.57. The normalized spacial score (nSPS) is 11.0. The number of amides is 1. The summed E-state index contributed by atoms with van der Waals surface area (Å²) >= 11 is 2.80. The fourth-order valence-electron chi connectivity index (χ4n) is 3.50. The molecule has 0 bridgehead atoms. The predicted molar refractivity (Wildman–Crippen MR) is 131 cm³/mol. The first kappa shape index (κ1) is 22.1. The molecule has 2 aromatic carbocycles. The van der Waals surface area contributed by atoms with Crippen LogP contribution in [0.2, 0.25) is 0 Å². The molecule has 0 atom stereocenters. The number of benzene rings is 2. The zero-order valence-electron chi connectivity index (χ0n) is 18.2. The van der Waals surface area contributed by atoms with Gasteiger partial charge in [0, 0.05) is 33.8 Å². The van der Waals surface area contributed by atoms with E-state index in [4.69, 9.17) is 9.47 Å². The average molecular weight is 495 g/mol. The van der Waals surface area contributed by atoms with Gasteiger partial charge in [-0.2, -0.15) is 0 Å². The molecule has 0 aliphatic carbocycles. The summed E-state index contributed by atoms with van der Waals surface area (Å²) in [5.41, 5.74) is 3.96. The second-order valence-corrected chi connectivity index (χ2v) is 9.04. The van der Waals surface area contributed by atoms with Crippen LogP contribution in [-0.4, -0.2) is 34.5 Å². The van der Waals surface area contributed by atoms with Crippen LogP contribution in [0, 0.1) is 5.82 Å². The first-order chi connectivity index (χ1) is 16.5. The van der Waals surface area contributed by atoms with Crippen molar-refractivity contribution in [2.24, 2.45) is 0 Å². The fourth-order valence-corrected chi connectivity index (χ4v) is 5.11. The van der Waals surface area contributed by atoms with E-state index < -0.39 is 0 Å². The summed E-state index contributed by atoms with van der Waals surface area (Å²) in [5, 5.41) is 7.17. The van der Waals surface area contributed by atoms with E-state index >= 15 is 0 Å². The maximum atomic E-state index is 13.2. The largest absolute Gasteiger partial charge is 0.493 e. The van der Waals surface area contributed by atoms with Crippen molar-refractivity contribution in [1.82, 2.24) is 14.4 Å². The standard InChI is InChI=1S/C24H19FN4O3S2/c1-31-20-8-5-15(9-21(20)32-2)19-13-33-23(26-19)28-22(30)10-17-12-34-24-27-18(11-29(17)24)14-3-6-16(25)7-4-14/h3-9,11-13H,10H2,1-2H3,(H,26,28,30). The van der Waals surface area contributed by atoms with Gasteiger partial charge in [-0.15, -0.1) is 22.7 Å². The van der Waals surface area contributed by atoms with Gasteiger partial charge in [0.15, 0.2) is 21.6 Å². The Morgan fingerprint density at radius 2 is 1.74 bits per heavy atom. The number of aromatic nitrogens is 3. The SMILES string of the molecule is COc1ccc(-c2csc(NC(=O)Cc3csc4nc(-c5ccc(F)cc5)cn34)n2)cc1OC. The molecule has 5 rings (SSSR count). The monoisotopic (exact) mass is 494 g/mol. The maximum absolute atomic E-state index is 13.2. The van der Waals surface area contributed by atoms with E-state index in [9.17, 15) is 9.18 Å². The summed E-state index contributed by atoms with van der Waals surface area (Å²) in [6, 6.07) is 11.7. The zero-order valence-corrected chi connectivity index (χ0v) is 19.9. The van der Waals surface area contributed by atoms with Crippen LogP contribution < -0.4 is 14.8 Å². The van der Waals surface area contributed by atoms with Gasteiger partial charge in [0.2, 0.25) is 5.91 Å². The third-order valence-corrected chi connectivity index (χ3v) is 6.84. The molecule has 0 fully saturated rings. The van der Waals surface area contributed by atoms with Crippen LogP contribution in [0.1, 0.15) is 5.69 Å². The molecule has 1 amide bonds. The molecule has 0 aliphatic heterocycles. The van der Waals surface area contributed by atoms with E-state index in [1.165, 1.54) is 34.8 Å². The summed E-state index contributed by atoms with van der Waals surface area (Å²) in [7, 11) is 3.17. The van der Waals surface area contributed by atoms with Gasteiger partial charge in [0.1, 0.15) is 5.82 Å². The molecule has 3 heterocycles. The number of thiazole rings is 2. The molecule has 0 saturated heterocycles. The van der Waals surface area contributed by atoms with Crippen LogP contribution in [-0.2, 0) is 11.2 Å². The van der Waals surface area contributed by atoms with Gasteiger partial charge in [-0.25, -0.2) is 14.4 Å². The van der Waals surface area contributed by atoms with Crippen LogP contribution in [0.5, 0.6) is 11.5 Å². The number of imidazole rings is 1. The predicted octanol–water partition coefficient (Wildman–Crippen LogP) is 5.52. The molecule has 0 unspecified atom stereocenters. The van der Waals surface area contributed by atoms with Crippen molar-refractivity contribution in [3.8, 4) is 34.0 Å². The van der Waals surface area contributed by atoms with Crippen LogP contribution in [0.25, 0.3) is 27.5 Å². The number of halogens is 1. The van der Waals surface area contributed by atoms with Crippen LogP contribution in [0.3, 0.4) is 0 Å². The molecular weight excluding hydrogens is 475 g/mol. The van der Waals surface area contributed by atoms with Crippen LogP contribution >= 0.6 is 22.7 Å². The Kier molecular flexibility index (Phi) is 5.99. The highest BCUT2D eigenvalue weighted by atomic mass is 32.1. The maximum Gasteiger partial charge on any atom is 0.232 e. The van der Waals surface area contributed by atoms with Crippen molar-refractivity contribution in [3.63, 3.8) is 0 Å². The highest BCUT2D eigenvalue weighted by Gasteiger charge is 2.15. The van der Waals surface area contributed by atoms with Gasteiger partial charge in [0.25, 0.3) is 0 Å². The molecule has 0 saturated carbocycles. The van der Waals surface area contributed by atoms with Gasteiger partial charge >= 0.3 is 0 Å². The van der Waals surface area contributed by atoms with Gasteiger partial charge in [-0.3, -0.25) is 9.20 Å². The lowest BCUT2D eigenvalue weighted by Gasteiger charge is -2.08. The number of ether oxygens (including phenoxy) is 2. The van der Waals surface area contributed by atoms with Gasteiger partial charge in [-0.05, 0) is 42.5 Å². The number of carbonyl (C=O) groups is 1. The second kappa shape index (κ2) is 9.24. The number of nitrogens with one attached hydrogen (secondary N) is 1. The molecule has 1 N–H and O–H groups in total. The van der Waals surface area contributed by atoms with Crippen LogP contribution in [0.15, 0.2) is 59.4 Å². The lowest BCUT2D eigenvalue weighted by atomic mass is 10.1. The third kappa shape index (κ3) is 4.37. The minimum atomic E-state index is -0.293. The molecule has 172 valence electrons. The van der Waals surface area contributed by atoms with E-state index in [1.807, 2.05) is 39.6 Å². The Hall–Kier alpha value is -3.76. The molecule has 7 nitrogen and oxygen atoms in total. The Morgan fingerprint density at radius 1 is 0.971 bits per heavy atom. The summed E-state index contributed by atoms with van der Waals surface area (Å²) in [4.78, 5) is 22.6. The van der Waals surface area contributed by atoms with E-state index in [1.54, 1.807) is 26.4 Å². The highest BCUT2D eigenvalue weighted by Crippen LogP contribution is 2.33. The Balaban J connectivity index is 1.30. The summed E-state index contributed by atoms with van der Waals surface area (Å²) < 4.78 is 25.7. The summed E-state index contributed by atoms with van der Waals surface area (Å²) in [6.45, 7) is 0. The molecule has 5 aromatic rings. The smallest absolute Gasteiger partial charge is 0.232 e. The van der Waals surface area contributed by atoms with Crippen molar-refractivity contribution < 1.29 is 18.7 Å². The van der Waals surface area contributed by atoms with Gasteiger partial charge < -0.3 is 14.8 Å². The Bertz CT molecular complexity index is 1470. The zero-order chi connectivity index (χ0) is 23.7. The molecule has 3 aromatic heterocycles. The molecular formula is C24H19FN4O3S2. The number of hydrogen-bond donors (Lipinski definition) is 1. The number of hydrogen-bond acceptors (Lipinski definition) is 7. The molecule has 0 spiro atoms. The number of methoxy groups -OCH3 is 2. The van der Waals surface area contributed by atoms with Crippen LogP contribution in [0.4, 0.5) is 9.52 Å². The van der Waals surface area contributed by atoms with Crippen molar-refractivity contribution in [2.45, 2.75) is 6.42 Å². The molecule has 10 heteroatoms. The van der Waals surface area contributed by atoms with E-state index in [2.05, 4.69) is 15.3 Å². The first-order valence-electron chi connectivity index (χ1n) is 10.2. The summed E-state index contributed by atoms with van der Waals surface area (Å²) in [6.07, 6.45) is 2.03. The van der Waals surface area contributed by atoms with Crippen molar-refractivity contribution >= 4 is 38.7 Å². The minimum Gasteiger partial charge on any atom is -0.493 e. The van der Waals surface area contributed by atoms with Gasteiger partial charge in [-0.1, -0.05) is 0 Å². The number of anilines is 1. The molecule has 0 aliphatic rings. The quantitative estimate of drug-likeness (QED) is 0.322. The number of rotatable bonds is 7. The first-order valence-corrected chi connectivity index (χ1v) is 12.0. The van der Waals surface area contributed by atoms with Gasteiger partial charge in [0.05, 0.1) is 32.0 Å². The fraction of sp³-hybridized carbons (Fsp3) is 0.125.